The zero-order chi connectivity index (χ0) is 21.1. The number of thioether (sulfide) groups is 1. The second kappa shape index (κ2) is 8.45. The zero-order valence-corrected chi connectivity index (χ0v) is 17.0. The molecular weight excluding hydrogens is 418 g/mol. The third-order valence-corrected chi connectivity index (χ3v) is 6.36. The molecule has 0 aliphatic rings. The predicted molar refractivity (Wildman–Crippen MR) is 112 cm³/mol. The predicted octanol–water partition coefficient (Wildman–Crippen LogP) is 2.14. The molecule has 0 unspecified atom stereocenters. The lowest BCUT2D eigenvalue weighted by Crippen LogP contribution is -2.15. The molecular formula is C18H17N3O6S2. The van der Waals surface area contributed by atoms with Crippen molar-refractivity contribution in [1.29, 1.82) is 0 Å². The van der Waals surface area contributed by atoms with E-state index >= 15 is 0 Å². The highest BCUT2D eigenvalue weighted by Gasteiger charge is 2.21. The molecule has 9 nitrogen and oxygen atoms in total. The molecule has 2 heterocycles. The monoisotopic (exact) mass is 435 g/mol. The number of anilines is 1. The van der Waals surface area contributed by atoms with Crippen LogP contribution in [0.25, 0.3) is 10.2 Å². The van der Waals surface area contributed by atoms with Crippen LogP contribution < -0.4 is 26.1 Å². The van der Waals surface area contributed by atoms with Crippen LogP contribution in [-0.2, 0) is 4.79 Å². The molecule has 3 rings (SSSR count). The number of amides is 2. The molecule has 3 aromatic rings. The minimum Gasteiger partial charge on any atom is -0.506 e. The number of H-pyrrole nitrogens is 1. The summed E-state index contributed by atoms with van der Waals surface area (Å²) in [7, 11) is 3.00. The molecule has 0 spiro atoms. The van der Waals surface area contributed by atoms with E-state index in [1.54, 1.807) is 18.2 Å². The van der Waals surface area contributed by atoms with Gasteiger partial charge >= 0.3 is 0 Å². The summed E-state index contributed by atoms with van der Waals surface area (Å²) in [6.45, 7) is 0. The van der Waals surface area contributed by atoms with Gasteiger partial charge in [-0.15, -0.1) is 23.1 Å². The fourth-order valence-electron chi connectivity index (χ4n) is 2.63. The number of aromatic amines is 1. The summed E-state index contributed by atoms with van der Waals surface area (Å²) in [5.74, 6) is -0.360. The lowest BCUT2D eigenvalue weighted by atomic mass is 10.2. The first-order valence-electron chi connectivity index (χ1n) is 8.17. The normalized spacial score (nSPS) is 10.7. The molecule has 0 bridgehead atoms. The fourth-order valence-corrected chi connectivity index (χ4v) is 4.88. The molecule has 0 radical (unpaired) electrons. The first-order valence-corrected chi connectivity index (χ1v) is 9.97. The third kappa shape index (κ3) is 4.30. The lowest BCUT2D eigenvalue weighted by molar-refractivity contribution is -0.113. The smallest absolute Gasteiger partial charge is 0.252 e. The molecule has 0 aliphatic heterocycles. The molecule has 29 heavy (non-hydrogen) atoms. The Morgan fingerprint density at radius 2 is 1.97 bits per heavy atom. The van der Waals surface area contributed by atoms with Gasteiger partial charge in [0.05, 0.1) is 40.0 Å². The standard InChI is InChI=1S/C18H17N3O6S2/c1-26-10-4-3-8(5-11(10)27-2)20-13(24)7-28-18-14(17(19)25)15-16(29-18)9(22)6-12(23)21-15/h3-6H,7H2,1-2H3,(H2,19,25)(H,20,24)(H2,21,22,23). The van der Waals surface area contributed by atoms with E-state index in [0.717, 1.165) is 29.2 Å². The van der Waals surface area contributed by atoms with Crippen LogP contribution in [0.4, 0.5) is 5.69 Å². The van der Waals surface area contributed by atoms with E-state index in [9.17, 15) is 19.5 Å². The summed E-state index contributed by atoms with van der Waals surface area (Å²) in [5, 5.41) is 12.7. The van der Waals surface area contributed by atoms with Crippen LogP contribution in [-0.4, -0.2) is 41.9 Å². The van der Waals surface area contributed by atoms with Crippen LogP contribution in [0.3, 0.4) is 0 Å². The molecule has 0 atom stereocenters. The Morgan fingerprint density at radius 3 is 2.62 bits per heavy atom. The van der Waals surface area contributed by atoms with Crippen molar-refractivity contribution >= 4 is 50.8 Å². The summed E-state index contributed by atoms with van der Waals surface area (Å²) in [4.78, 5) is 38.3. The van der Waals surface area contributed by atoms with E-state index in [4.69, 9.17) is 15.2 Å². The van der Waals surface area contributed by atoms with Crippen LogP contribution in [0.2, 0.25) is 0 Å². The largest absolute Gasteiger partial charge is 0.506 e. The van der Waals surface area contributed by atoms with Gasteiger partial charge in [0.15, 0.2) is 11.5 Å². The fraction of sp³-hybridized carbons (Fsp3) is 0.167. The quantitative estimate of drug-likeness (QED) is 0.416. The average Bonchev–Trinajstić information content (AvgIpc) is 3.05. The number of rotatable bonds is 7. The number of methoxy groups -OCH3 is 2. The van der Waals surface area contributed by atoms with Gasteiger partial charge in [-0.1, -0.05) is 0 Å². The summed E-state index contributed by atoms with van der Waals surface area (Å²) in [5.41, 5.74) is 5.63. The van der Waals surface area contributed by atoms with E-state index in [1.807, 2.05) is 0 Å². The van der Waals surface area contributed by atoms with Gasteiger partial charge in [0, 0.05) is 17.8 Å². The Labute approximate surface area is 172 Å². The molecule has 2 amide bonds. The van der Waals surface area contributed by atoms with E-state index in [0.29, 0.717) is 26.1 Å². The molecule has 1 aromatic carbocycles. The van der Waals surface area contributed by atoms with Gasteiger partial charge in [-0.3, -0.25) is 14.4 Å². The Kier molecular flexibility index (Phi) is 5.99. The van der Waals surface area contributed by atoms with E-state index in [1.165, 1.54) is 14.2 Å². The molecule has 0 fully saturated rings. The van der Waals surface area contributed by atoms with Crippen LogP contribution in [0.5, 0.6) is 17.2 Å². The molecule has 5 N–H and O–H groups in total. The number of fused-ring (bicyclic) bond motifs is 1. The number of pyridine rings is 1. The van der Waals surface area contributed by atoms with Crippen molar-refractivity contribution in [3.05, 3.63) is 40.2 Å². The number of thiophene rings is 1. The first-order chi connectivity index (χ1) is 13.8. The minimum atomic E-state index is -0.764. The number of carbonyl (C=O) groups is 2. The van der Waals surface area contributed by atoms with Gasteiger partial charge < -0.3 is 30.6 Å². The minimum absolute atomic E-state index is 0.0214. The van der Waals surface area contributed by atoms with Gasteiger partial charge in [0.2, 0.25) is 5.91 Å². The number of aromatic hydroxyl groups is 1. The van der Waals surface area contributed by atoms with Crippen LogP contribution in [0, 0.1) is 0 Å². The number of carbonyl (C=O) groups excluding carboxylic acids is 2. The number of aromatic nitrogens is 1. The Hall–Kier alpha value is -3.18. The highest BCUT2D eigenvalue weighted by Crippen LogP contribution is 2.40. The Morgan fingerprint density at radius 1 is 1.24 bits per heavy atom. The van der Waals surface area contributed by atoms with Crippen molar-refractivity contribution in [3.63, 3.8) is 0 Å². The zero-order valence-electron chi connectivity index (χ0n) is 15.4. The highest BCUT2D eigenvalue weighted by molar-refractivity contribution is 8.02. The molecule has 0 aliphatic carbocycles. The Balaban J connectivity index is 1.79. The maximum Gasteiger partial charge on any atom is 0.252 e. The lowest BCUT2D eigenvalue weighted by Gasteiger charge is -2.10. The first kappa shape index (κ1) is 20.6. The number of nitrogens with one attached hydrogen (secondary N) is 2. The molecule has 152 valence electrons. The number of hydrogen-bond acceptors (Lipinski definition) is 8. The van der Waals surface area contributed by atoms with Crippen LogP contribution in [0.1, 0.15) is 10.4 Å². The van der Waals surface area contributed by atoms with E-state index < -0.39 is 11.5 Å². The Bertz CT molecular complexity index is 1150. The van der Waals surface area contributed by atoms with Crippen molar-refractivity contribution in [2.75, 3.05) is 25.3 Å². The molecule has 11 heteroatoms. The summed E-state index contributed by atoms with van der Waals surface area (Å²) in [6, 6.07) is 5.97. The van der Waals surface area contributed by atoms with E-state index in [-0.39, 0.29) is 28.5 Å². The summed E-state index contributed by atoms with van der Waals surface area (Å²) < 4.78 is 11.1. The topological polar surface area (TPSA) is 144 Å². The van der Waals surface area contributed by atoms with Crippen molar-refractivity contribution in [2.45, 2.75) is 4.21 Å². The molecule has 0 saturated carbocycles. The van der Waals surface area contributed by atoms with Gasteiger partial charge in [-0.05, 0) is 12.1 Å². The van der Waals surface area contributed by atoms with Gasteiger partial charge in [0.1, 0.15) is 5.75 Å². The number of primary amides is 1. The van der Waals surface area contributed by atoms with Gasteiger partial charge in [-0.2, -0.15) is 0 Å². The van der Waals surface area contributed by atoms with E-state index in [2.05, 4.69) is 10.3 Å². The van der Waals surface area contributed by atoms with Crippen LogP contribution >= 0.6 is 23.1 Å². The molecule has 0 saturated heterocycles. The number of benzene rings is 1. The van der Waals surface area contributed by atoms with Gasteiger partial charge in [-0.25, -0.2) is 0 Å². The summed E-state index contributed by atoms with van der Waals surface area (Å²) in [6.07, 6.45) is 0. The SMILES string of the molecule is COc1ccc(NC(=O)CSc2sc3c(O)cc(=O)[nH]c3c2C(N)=O)cc1OC. The number of hydrogen-bond donors (Lipinski definition) is 4. The van der Waals surface area contributed by atoms with Crippen LogP contribution in [0.15, 0.2) is 33.3 Å². The number of ether oxygens (including phenoxy) is 2. The van der Waals surface area contributed by atoms with Crippen molar-refractivity contribution in [3.8, 4) is 17.2 Å². The number of nitrogens with two attached hydrogens (primary N) is 1. The second-order valence-corrected chi connectivity index (χ2v) is 8.02. The maximum atomic E-state index is 12.3. The van der Waals surface area contributed by atoms with Gasteiger partial charge in [0.25, 0.3) is 11.5 Å². The highest BCUT2D eigenvalue weighted by atomic mass is 32.2. The van der Waals surface area contributed by atoms with Crippen molar-refractivity contribution in [1.82, 2.24) is 4.98 Å². The van der Waals surface area contributed by atoms with Crippen molar-refractivity contribution in [2.24, 2.45) is 5.73 Å². The molecule has 2 aromatic heterocycles. The average molecular weight is 435 g/mol. The second-order valence-electron chi connectivity index (χ2n) is 5.76. The third-order valence-electron chi connectivity index (χ3n) is 3.87. The van der Waals surface area contributed by atoms with Crippen molar-refractivity contribution < 1.29 is 24.2 Å². The maximum absolute atomic E-state index is 12.3. The summed E-state index contributed by atoms with van der Waals surface area (Å²) >= 11 is 2.15.